The van der Waals surface area contributed by atoms with Crippen LogP contribution >= 0.6 is 11.6 Å². The van der Waals surface area contributed by atoms with Gasteiger partial charge in [-0.3, -0.25) is 14.8 Å². The fourth-order valence-corrected chi connectivity index (χ4v) is 3.16. The number of nitrogens with one attached hydrogen (secondary N) is 2. The zero-order chi connectivity index (χ0) is 22.4. The summed E-state index contributed by atoms with van der Waals surface area (Å²) in [6.45, 7) is 6.86. The highest BCUT2D eigenvalue weighted by atomic mass is 35.5. The Hall–Kier alpha value is -3.32. The Kier molecular flexibility index (Phi) is 7.31. The minimum Gasteiger partial charge on any atom is -0.494 e. The monoisotopic (exact) mass is 439 g/mol. The maximum absolute atomic E-state index is 12.7. The molecule has 162 valence electrons. The van der Waals surface area contributed by atoms with Gasteiger partial charge in [0.15, 0.2) is 0 Å². The second kappa shape index (κ2) is 10.1. The number of hydrogen-bond donors (Lipinski definition) is 2. The minimum absolute atomic E-state index is 0.284. The largest absolute Gasteiger partial charge is 0.494 e. The van der Waals surface area contributed by atoms with Gasteiger partial charge in [-0.05, 0) is 69.3 Å². The number of aromatic nitrogens is 2. The summed E-state index contributed by atoms with van der Waals surface area (Å²) in [4.78, 5) is 17.4. The molecule has 2 aromatic carbocycles. The molecule has 0 unspecified atom stereocenters. The van der Waals surface area contributed by atoms with Crippen LogP contribution in [0, 0.1) is 13.8 Å². The van der Waals surface area contributed by atoms with E-state index in [1.165, 1.54) is 0 Å². The molecule has 1 heterocycles. The molecule has 0 aliphatic heterocycles. The van der Waals surface area contributed by atoms with Gasteiger partial charge in [0.1, 0.15) is 5.75 Å². The number of benzene rings is 2. The molecule has 7 nitrogen and oxygen atoms in total. The average Bonchev–Trinajstić information content (AvgIpc) is 2.99. The Morgan fingerprint density at radius 2 is 1.81 bits per heavy atom. The molecule has 0 aliphatic carbocycles. The Morgan fingerprint density at radius 1 is 1.13 bits per heavy atom. The molecule has 0 fully saturated rings. The third kappa shape index (κ3) is 5.86. The molecular formula is C23H26ClN5O2. The number of nitrogens with zero attached hydrogens (tertiary/aromatic N) is 3. The lowest BCUT2D eigenvalue weighted by Crippen LogP contribution is -2.36. The summed E-state index contributed by atoms with van der Waals surface area (Å²) in [6.07, 6.45) is 0. The molecule has 8 heteroatoms. The zero-order valence-electron chi connectivity index (χ0n) is 18.1. The number of aryl methyl sites for hydroxylation is 2. The molecule has 0 radical (unpaired) electrons. The standard InChI is InChI=1S/C23H26ClN5O2/c1-5-31-20-12-10-19(11-13-20)26-23(25-14-21-15(2)28-29(4)16(21)3)27-22(30)17-6-8-18(24)9-7-17/h6-13H,5,14H2,1-4H3,(H2,25,26,27,30). The molecule has 3 aromatic rings. The first-order chi connectivity index (χ1) is 14.9. The first-order valence-electron chi connectivity index (χ1n) is 9.97. The molecule has 1 aromatic heterocycles. The highest BCUT2D eigenvalue weighted by molar-refractivity contribution is 6.30. The predicted octanol–water partition coefficient (Wildman–Crippen LogP) is 4.49. The van der Waals surface area contributed by atoms with Crippen molar-refractivity contribution in [3.63, 3.8) is 0 Å². The van der Waals surface area contributed by atoms with E-state index in [-0.39, 0.29) is 5.91 Å². The first kappa shape index (κ1) is 22.4. The normalized spacial score (nSPS) is 11.3. The summed E-state index contributed by atoms with van der Waals surface area (Å²) in [5.74, 6) is 0.832. The van der Waals surface area contributed by atoms with E-state index in [4.69, 9.17) is 16.3 Å². The SMILES string of the molecule is CCOc1ccc(NC(=NCc2c(C)nn(C)c2C)NC(=O)c2ccc(Cl)cc2)cc1. The third-order valence-corrected chi connectivity index (χ3v) is 5.07. The van der Waals surface area contributed by atoms with Crippen molar-refractivity contribution in [1.29, 1.82) is 0 Å². The van der Waals surface area contributed by atoms with Gasteiger partial charge in [-0.25, -0.2) is 4.99 Å². The van der Waals surface area contributed by atoms with Crippen LogP contribution in [-0.2, 0) is 13.6 Å². The molecule has 3 rings (SSSR count). The Balaban J connectivity index is 1.83. The van der Waals surface area contributed by atoms with Crippen molar-refractivity contribution in [1.82, 2.24) is 15.1 Å². The molecule has 0 saturated carbocycles. The number of carbonyl (C=O) groups is 1. The van der Waals surface area contributed by atoms with E-state index in [1.807, 2.05) is 56.8 Å². The van der Waals surface area contributed by atoms with Gasteiger partial charge < -0.3 is 10.1 Å². The summed E-state index contributed by atoms with van der Waals surface area (Å²) < 4.78 is 7.31. The summed E-state index contributed by atoms with van der Waals surface area (Å²) in [5.41, 5.74) is 4.23. The number of anilines is 1. The van der Waals surface area contributed by atoms with Crippen molar-refractivity contribution in [3.8, 4) is 5.75 Å². The van der Waals surface area contributed by atoms with Crippen molar-refractivity contribution < 1.29 is 9.53 Å². The Morgan fingerprint density at radius 3 is 2.39 bits per heavy atom. The van der Waals surface area contributed by atoms with Crippen molar-refractivity contribution in [2.45, 2.75) is 27.3 Å². The van der Waals surface area contributed by atoms with Crippen molar-refractivity contribution in [2.24, 2.45) is 12.0 Å². The van der Waals surface area contributed by atoms with Gasteiger partial charge in [0.25, 0.3) is 5.91 Å². The molecule has 0 saturated heterocycles. The lowest BCUT2D eigenvalue weighted by atomic mass is 10.2. The van der Waals surface area contributed by atoms with Crippen molar-refractivity contribution in [3.05, 3.63) is 76.1 Å². The summed E-state index contributed by atoms with van der Waals surface area (Å²) in [6, 6.07) is 14.2. The molecule has 2 N–H and O–H groups in total. The lowest BCUT2D eigenvalue weighted by Gasteiger charge is -2.13. The lowest BCUT2D eigenvalue weighted by molar-refractivity contribution is 0.0977. The number of rotatable bonds is 6. The zero-order valence-corrected chi connectivity index (χ0v) is 18.8. The highest BCUT2D eigenvalue weighted by Crippen LogP contribution is 2.17. The summed E-state index contributed by atoms with van der Waals surface area (Å²) in [5, 5.41) is 11.0. The number of guanidine groups is 1. The maximum atomic E-state index is 12.7. The van der Waals surface area contributed by atoms with E-state index in [0.29, 0.717) is 29.7 Å². The summed E-state index contributed by atoms with van der Waals surface area (Å²) >= 11 is 5.93. The van der Waals surface area contributed by atoms with E-state index in [2.05, 4.69) is 20.7 Å². The fraction of sp³-hybridized carbons (Fsp3) is 0.261. The number of amides is 1. The second-order valence-electron chi connectivity index (χ2n) is 6.98. The highest BCUT2D eigenvalue weighted by Gasteiger charge is 2.12. The van der Waals surface area contributed by atoms with Gasteiger partial charge in [0.05, 0.1) is 18.8 Å². The van der Waals surface area contributed by atoms with Gasteiger partial charge in [0.2, 0.25) is 5.96 Å². The van der Waals surface area contributed by atoms with Gasteiger partial charge in [-0.1, -0.05) is 11.6 Å². The van der Waals surface area contributed by atoms with E-state index in [0.717, 1.165) is 28.4 Å². The molecule has 0 atom stereocenters. The van der Waals surface area contributed by atoms with Gasteiger partial charge in [-0.2, -0.15) is 5.10 Å². The Bertz CT molecular complexity index is 1070. The van der Waals surface area contributed by atoms with Crippen LogP contribution < -0.4 is 15.4 Å². The van der Waals surface area contributed by atoms with E-state index in [9.17, 15) is 4.79 Å². The number of carbonyl (C=O) groups excluding carboxylic acids is 1. The van der Waals surface area contributed by atoms with Crippen LogP contribution in [0.5, 0.6) is 5.75 Å². The van der Waals surface area contributed by atoms with Gasteiger partial charge in [-0.15, -0.1) is 0 Å². The van der Waals surface area contributed by atoms with Crippen LogP contribution in [0.25, 0.3) is 0 Å². The van der Waals surface area contributed by atoms with Crippen LogP contribution in [0.15, 0.2) is 53.5 Å². The van der Waals surface area contributed by atoms with Crippen LogP contribution in [0.3, 0.4) is 0 Å². The molecule has 0 aliphatic rings. The van der Waals surface area contributed by atoms with E-state index >= 15 is 0 Å². The second-order valence-corrected chi connectivity index (χ2v) is 7.42. The smallest absolute Gasteiger partial charge is 0.257 e. The van der Waals surface area contributed by atoms with Gasteiger partial charge >= 0.3 is 0 Å². The fourth-order valence-electron chi connectivity index (χ4n) is 3.03. The average molecular weight is 440 g/mol. The van der Waals surface area contributed by atoms with Crippen LogP contribution in [0.4, 0.5) is 5.69 Å². The maximum Gasteiger partial charge on any atom is 0.257 e. The predicted molar refractivity (Wildman–Crippen MR) is 124 cm³/mol. The van der Waals surface area contributed by atoms with Crippen LogP contribution in [-0.4, -0.2) is 28.3 Å². The third-order valence-electron chi connectivity index (χ3n) is 4.82. The molecule has 0 bridgehead atoms. The summed E-state index contributed by atoms with van der Waals surface area (Å²) in [7, 11) is 1.90. The molecular weight excluding hydrogens is 414 g/mol. The quantitative estimate of drug-likeness (QED) is 0.438. The van der Waals surface area contributed by atoms with Gasteiger partial charge in [0, 0.05) is 34.6 Å². The first-order valence-corrected chi connectivity index (χ1v) is 10.4. The van der Waals surface area contributed by atoms with E-state index < -0.39 is 0 Å². The van der Waals surface area contributed by atoms with Crippen molar-refractivity contribution >= 4 is 29.2 Å². The number of hydrogen-bond acceptors (Lipinski definition) is 4. The molecule has 1 amide bonds. The molecule has 31 heavy (non-hydrogen) atoms. The van der Waals surface area contributed by atoms with Crippen LogP contribution in [0.1, 0.15) is 34.2 Å². The number of halogens is 1. The molecule has 0 spiro atoms. The number of ether oxygens (including phenoxy) is 1. The Labute approximate surface area is 187 Å². The van der Waals surface area contributed by atoms with Crippen LogP contribution in [0.2, 0.25) is 5.02 Å². The van der Waals surface area contributed by atoms with Crippen molar-refractivity contribution in [2.75, 3.05) is 11.9 Å². The number of aliphatic imine (C=N–C) groups is 1. The minimum atomic E-state index is -0.284. The van der Waals surface area contributed by atoms with E-state index in [1.54, 1.807) is 24.3 Å². The topological polar surface area (TPSA) is 80.5 Å².